The normalized spacial score (nSPS) is 15.3. The topological polar surface area (TPSA) is 52.1 Å². The van der Waals surface area contributed by atoms with E-state index in [1.807, 2.05) is 19.2 Å². The van der Waals surface area contributed by atoms with Gasteiger partial charge in [-0.1, -0.05) is 43.3 Å². The van der Waals surface area contributed by atoms with Crippen molar-refractivity contribution in [2.45, 2.75) is 26.6 Å². The molecule has 0 aromatic heterocycles. The second-order valence-electron chi connectivity index (χ2n) is 7.61. The number of likely N-dealkylation sites (N-methyl/N-ethyl adjacent to an activating group) is 1. The van der Waals surface area contributed by atoms with Gasteiger partial charge >= 0.3 is 0 Å². The van der Waals surface area contributed by atoms with Crippen molar-refractivity contribution in [1.29, 1.82) is 0 Å². The van der Waals surface area contributed by atoms with Crippen LogP contribution in [0.15, 0.2) is 53.5 Å². The maximum Gasteiger partial charge on any atom is 0.191 e. The smallest absolute Gasteiger partial charge is 0.191 e. The van der Waals surface area contributed by atoms with Crippen LogP contribution in [-0.4, -0.2) is 62.6 Å². The van der Waals surface area contributed by atoms with Gasteiger partial charge in [0.05, 0.1) is 7.11 Å². The standard InChI is InChI=1S/C24H35N5O.HI/c1-4-28-13-15-29(16-14-28)19-22-8-6-5-7-21(22)18-27-24(25-2)26-17-20-9-11-23(30-3)12-10-20;/h5-12H,4,13-19H2,1-3H3,(H2,25,26,27);1H. The fourth-order valence-electron chi connectivity index (χ4n) is 3.72. The van der Waals surface area contributed by atoms with Crippen molar-refractivity contribution in [3.63, 3.8) is 0 Å². The molecule has 2 aromatic rings. The largest absolute Gasteiger partial charge is 0.497 e. The number of aliphatic imine (C=N–C) groups is 1. The number of methoxy groups -OCH3 is 1. The molecule has 0 saturated carbocycles. The zero-order valence-electron chi connectivity index (χ0n) is 18.9. The van der Waals surface area contributed by atoms with Crippen LogP contribution in [-0.2, 0) is 19.6 Å². The Bertz CT molecular complexity index is 804. The van der Waals surface area contributed by atoms with Gasteiger partial charge in [0, 0.05) is 52.9 Å². The number of hydrogen-bond donors (Lipinski definition) is 2. The molecule has 2 N–H and O–H groups in total. The lowest BCUT2D eigenvalue weighted by molar-refractivity contribution is 0.131. The van der Waals surface area contributed by atoms with Gasteiger partial charge in [-0.05, 0) is 35.4 Å². The highest BCUT2D eigenvalue weighted by atomic mass is 127. The molecule has 1 aliphatic heterocycles. The Kier molecular flexibility index (Phi) is 11.1. The van der Waals surface area contributed by atoms with Crippen LogP contribution in [0, 0.1) is 0 Å². The summed E-state index contributed by atoms with van der Waals surface area (Å²) >= 11 is 0. The van der Waals surface area contributed by atoms with Crippen LogP contribution >= 0.6 is 24.0 Å². The molecular formula is C24H36IN5O. The predicted octanol–water partition coefficient (Wildman–Crippen LogP) is 3.32. The van der Waals surface area contributed by atoms with Crippen molar-refractivity contribution < 1.29 is 4.74 Å². The third-order valence-electron chi connectivity index (χ3n) is 5.71. The molecule has 31 heavy (non-hydrogen) atoms. The SMILES string of the molecule is CCN1CCN(Cc2ccccc2CNC(=NC)NCc2ccc(OC)cc2)CC1.I. The van der Waals surface area contributed by atoms with Crippen LogP contribution in [0.5, 0.6) is 5.75 Å². The van der Waals surface area contributed by atoms with Gasteiger partial charge < -0.3 is 20.3 Å². The van der Waals surface area contributed by atoms with Crippen LogP contribution in [0.3, 0.4) is 0 Å². The monoisotopic (exact) mass is 537 g/mol. The fourth-order valence-corrected chi connectivity index (χ4v) is 3.72. The number of rotatable bonds is 8. The van der Waals surface area contributed by atoms with Gasteiger partial charge in [0.1, 0.15) is 5.75 Å². The molecule has 0 unspecified atom stereocenters. The molecule has 1 fully saturated rings. The maximum atomic E-state index is 5.22. The van der Waals surface area contributed by atoms with Crippen LogP contribution in [0.25, 0.3) is 0 Å². The van der Waals surface area contributed by atoms with Gasteiger partial charge in [-0.2, -0.15) is 0 Å². The quantitative estimate of drug-likeness (QED) is 0.308. The second-order valence-corrected chi connectivity index (χ2v) is 7.61. The van der Waals surface area contributed by atoms with E-state index >= 15 is 0 Å². The van der Waals surface area contributed by atoms with Crippen LogP contribution in [0.1, 0.15) is 23.6 Å². The van der Waals surface area contributed by atoms with E-state index in [0.717, 1.165) is 44.4 Å². The van der Waals surface area contributed by atoms with Crippen LogP contribution in [0.4, 0.5) is 0 Å². The molecule has 7 heteroatoms. The van der Waals surface area contributed by atoms with Crippen molar-refractivity contribution in [2.75, 3.05) is 46.9 Å². The van der Waals surface area contributed by atoms with Crippen molar-refractivity contribution in [1.82, 2.24) is 20.4 Å². The van der Waals surface area contributed by atoms with Crippen LogP contribution < -0.4 is 15.4 Å². The second kappa shape index (κ2) is 13.5. The van der Waals surface area contributed by atoms with Gasteiger partial charge in [-0.3, -0.25) is 9.89 Å². The van der Waals surface area contributed by atoms with Crippen LogP contribution in [0.2, 0.25) is 0 Å². The van der Waals surface area contributed by atoms with E-state index < -0.39 is 0 Å². The van der Waals surface area contributed by atoms with E-state index in [1.54, 1.807) is 7.11 Å². The number of hydrogen-bond acceptors (Lipinski definition) is 4. The number of halogens is 1. The average molecular weight is 537 g/mol. The summed E-state index contributed by atoms with van der Waals surface area (Å²) in [6.45, 7) is 10.5. The zero-order chi connectivity index (χ0) is 21.2. The lowest BCUT2D eigenvalue weighted by Gasteiger charge is -2.34. The van der Waals surface area contributed by atoms with Gasteiger partial charge in [-0.15, -0.1) is 24.0 Å². The number of ether oxygens (including phenoxy) is 1. The molecule has 0 aliphatic carbocycles. The Morgan fingerprint density at radius 2 is 1.52 bits per heavy atom. The molecule has 1 heterocycles. The molecule has 0 bridgehead atoms. The van der Waals surface area contributed by atoms with E-state index in [0.29, 0.717) is 6.54 Å². The molecule has 0 amide bonds. The fraction of sp³-hybridized carbons (Fsp3) is 0.458. The van der Waals surface area contributed by atoms with Gasteiger partial charge in [0.2, 0.25) is 0 Å². The number of nitrogens with zero attached hydrogens (tertiary/aromatic N) is 3. The predicted molar refractivity (Wildman–Crippen MR) is 139 cm³/mol. The third-order valence-corrected chi connectivity index (χ3v) is 5.71. The third kappa shape index (κ3) is 7.97. The Hall–Kier alpha value is -1.84. The van der Waals surface area contributed by atoms with Crippen molar-refractivity contribution >= 4 is 29.9 Å². The first-order chi connectivity index (χ1) is 14.7. The minimum absolute atomic E-state index is 0. The summed E-state index contributed by atoms with van der Waals surface area (Å²) in [5.74, 6) is 1.67. The molecule has 0 spiro atoms. The summed E-state index contributed by atoms with van der Waals surface area (Å²) in [5, 5.41) is 6.85. The Balaban J connectivity index is 0.00000341. The summed E-state index contributed by atoms with van der Waals surface area (Å²) in [4.78, 5) is 9.44. The average Bonchev–Trinajstić information content (AvgIpc) is 2.81. The molecule has 0 radical (unpaired) electrons. The van der Waals surface area contributed by atoms with E-state index in [9.17, 15) is 0 Å². The van der Waals surface area contributed by atoms with E-state index in [-0.39, 0.29) is 24.0 Å². The number of guanidine groups is 1. The highest BCUT2D eigenvalue weighted by Crippen LogP contribution is 2.14. The first-order valence-electron chi connectivity index (χ1n) is 10.8. The molecule has 1 aliphatic rings. The lowest BCUT2D eigenvalue weighted by Crippen LogP contribution is -2.45. The maximum absolute atomic E-state index is 5.22. The molecular weight excluding hydrogens is 501 g/mol. The van der Waals surface area contributed by atoms with Gasteiger partial charge in [0.15, 0.2) is 5.96 Å². The first-order valence-corrected chi connectivity index (χ1v) is 10.8. The molecule has 1 saturated heterocycles. The summed E-state index contributed by atoms with van der Waals surface area (Å²) in [6, 6.07) is 16.8. The summed E-state index contributed by atoms with van der Waals surface area (Å²) in [6.07, 6.45) is 0. The van der Waals surface area contributed by atoms with Crippen molar-refractivity contribution in [3.05, 3.63) is 65.2 Å². The molecule has 3 rings (SSSR count). The summed E-state index contributed by atoms with van der Waals surface area (Å²) < 4.78 is 5.22. The molecule has 0 atom stereocenters. The lowest BCUT2D eigenvalue weighted by atomic mass is 10.1. The van der Waals surface area contributed by atoms with E-state index in [2.05, 4.69) is 68.7 Å². The molecule has 170 valence electrons. The number of benzene rings is 2. The first kappa shape index (κ1) is 25.4. The van der Waals surface area contributed by atoms with Gasteiger partial charge in [-0.25, -0.2) is 0 Å². The highest BCUT2D eigenvalue weighted by molar-refractivity contribution is 14.0. The number of nitrogens with one attached hydrogen (secondary N) is 2. The summed E-state index contributed by atoms with van der Waals surface area (Å²) in [7, 11) is 3.49. The Morgan fingerprint density at radius 3 is 2.13 bits per heavy atom. The zero-order valence-corrected chi connectivity index (χ0v) is 21.3. The van der Waals surface area contributed by atoms with E-state index in [4.69, 9.17) is 4.74 Å². The molecule has 2 aromatic carbocycles. The molecule has 6 nitrogen and oxygen atoms in total. The van der Waals surface area contributed by atoms with Crippen molar-refractivity contribution in [2.24, 2.45) is 4.99 Å². The van der Waals surface area contributed by atoms with E-state index in [1.165, 1.54) is 29.8 Å². The Labute approximate surface area is 204 Å². The highest BCUT2D eigenvalue weighted by Gasteiger charge is 2.16. The summed E-state index contributed by atoms with van der Waals surface area (Å²) in [5.41, 5.74) is 3.90. The minimum Gasteiger partial charge on any atom is -0.497 e. The Morgan fingerprint density at radius 1 is 0.903 bits per heavy atom. The minimum atomic E-state index is 0. The number of piperazine rings is 1. The van der Waals surface area contributed by atoms with Crippen molar-refractivity contribution in [3.8, 4) is 5.75 Å². The van der Waals surface area contributed by atoms with Gasteiger partial charge in [0.25, 0.3) is 0 Å².